The topological polar surface area (TPSA) is 194 Å². The number of carbonyl (C=O) groups excluding carboxylic acids is 2. The van der Waals surface area contributed by atoms with Crippen molar-refractivity contribution in [2.75, 3.05) is 51.1 Å². The molecule has 2 fully saturated rings. The predicted octanol–water partition coefficient (Wildman–Crippen LogP) is 6.00. The molecule has 5 heterocycles. The number of benzene rings is 3. The van der Waals surface area contributed by atoms with Gasteiger partial charge in [0, 0.05) is 30.8 Å². The Morgan fingerprint density at radius 1 is 0.833 bits per heavy atom. The fourth-order valence-electron chi connectivity index (χ4n) is 7.66. The number of nitrogens with one attached hydrogen (secondary N) is 3. The molecule has 15 nitrogen and oxygen atoms in total. The van der Waals surface area contributed by atoms with E-state index in [9.17, 15) is 14.0 Å². The quantitative estimate of drug-likeness (QED) is 0.0995. The summed E-state index contributed by atoms with van der Waals surface area (Å²) in [5.74, 6) is 1.92. The van der Waals surface area contributed by atoms with Gasteiger partial charge in [0.05, 0.1) is 72.7 Å². The molecule has 16 heteroatoms. The predicted molar refractivity (Wildman–Crippen MR) is 224 cm³/mol. The van der Waals surface area contributed by atoms with Crippen molar-refractivity contribution in [2.45, 2.75) is 72.0 Å². The van der Waals surface area contributed by atoms with E-state index in [1.807, 2.05) is 74.7 Å². The molecule has 2 aliphatic heterocycles. The van der Waals surface area contributed by atoms with Gasteiger partial charge in [-0.2, -0.15) is 0 Å². The highest BCUT2D eigenvalue weighted by Gasteiger charge is 2.22. The molecule has 6 aromatic rings. The van der Waals surface area contributed by atoms with E-state index in [0.717, 1.165) is 86.1 Å². The molecule has 2 atom stereocenters. The average molecular weight is 823 g/mol. The van der Waals surface area contributed by atoms with E-state index < -0.39 is 5.82 Å². The molecule has 0 saturated carbocycles. The second-order valence-electron chi connectivity index (χ2n) is 15.1. The van der Waals surface area contributed by atoms with Crippen LogP contribution in [0.5, 0.6) is 5.75 Å². The fraction of sp³-hybridized carbons (Fsp3) is 0.386. The van der Waals surface area contributed by atoms with Crippen molar-refractivity contribution >= 4 is 34.2 Å². The van der Waals surface area contributed by atoms with Crippen LogP contribution in [-0.2, 0) is 38.4 Å². The SMILES string of the molecule is COc1ccc(CCc2nc3cc(-c4c(C)noc4C)ccc3n2CC(=O)NC2CCOC2)cc1F.Cc1noc(C)c1-c1ccc(NCC(=O)NC2CCOC2)c(N)c1. The summed E-state index contributed by atoms with van der Waals surface area (Å²) in [6.45, 7) is 10.4. The molecule has 3 aromatic carbocycles. The molecule has 0 bridgehead atoms. The van der Waals surface area contributed by atoms with Crippen LogP contribution in [0.25, 0.3) is 33.3 Å². The molecule has 0 spiro atoms. The molecule has 8 rings (SSSR count). The number of nitrogens with zero attached hydrogens (tertiary/aromatic N) is 4. The van der Waals surface area contributed by atoms with E-state index in [1.54, 1.807) is 6.07 Å². The monoisotopic (exact) mass is 822 g/mol. The lowest BCUT2D eigenvalue weighted by Crippen LogP contribution is -2.38. The molecule has 60 heavy (non-hydrogen) atoms. The van der Waals surface area contributed by atoms with Crippen LogP contribution < -0.4 is 26.4 Å². The van der Waals surface area contributed by atoms with Gasteiger partial charge in [0.2, 0.25) is 11.8 Å². The Hall–Kier alpha value is -6.26. The summed E-state index contributed by atoms with van der Waals surface area (Å²) in [5.41, 5.74) is 15.3. The molecule has 2 saturated heterocycles. The summed E-state index contributed by atoms with van der Waals surface area (Å²) in [7, 11) is 1.44. The minimum absolute atomic E-state index is 0.0316. The van der Waals surface area contributed by atoms with Crippen LogP contribution in [0.15, 0.2) is 63.6 Å². The van der Waals surface area contributed by atoms with E-state index >= 15 is 0 Å². The summed E-state index contributed by atoms with van der Waals surface area (Å²) in [6, 6.07) is 16.7. The largest absolute Gasteiger partial charge is 0.494 e. The minimum Gasteiger partial charge on any atom is -0.494 e. The molecule has 2 aliphatic rings. The number of carbonyl (C=O) groups is 2. The number of anilines is 2. The Bertz CT molecular complexity index is 2420. The van der Waals surface area contributed by atoms with Crippen molar-refractivity contribution < 1.29 is 37.2 Å². The minimum atomic E-state index is -0.397. The zero-order valence-corrected chi connectivity index (χ0v) is 34.5. The molecular weight excluding hydrogens is 772 g/mol. The summed E-state index contributed by atoms with van der Waals surface area (Å²) in [4.78, 5) is 29.7. The third kappa shape index (κ3) is 9.77. The molecule has 5 N–H and O–H groups in total. The number of aromatic nitrogens is 4. The number of methoxy groups -OCH3 is 1. The van der Waals surface area contributed by atoms with Gasteiger partial charge >= 0.3 is 0 Å². The summed E-state index contributed by atoms with van der Waals surface area (Å²) < 4.78 is 42.3. The number of imidazole rings is 1. The number of fused-ring (bicyclic) bond motifs is 1. The van der Waals surface area contributed by atoms with Gasteiger partial charge in [-0.05, 0) is 100 Å². The molecule has 0 radical (unpaired) electrons. The maximum atomic E-state index is 14.2. The van der Waals surface area contributed by atoms with E-state index in [0.29, 0.717) is 45.0 Å². The lowest BCUT2D eigenvalue weighted by atomic mass is 10.0. The van der Waals surface area contributed by atoms with Crippen LogP contribution in [0, 0.1) is 33.5 Å². The highest BCUT2D eigenvalue weighted by atomic mass is 19.1. The lowest BCUT2D eigenvalue weighted by molar-refractivity contribution is -0.122. The van der Waals surface area contributed by atoms with Crippen LogP contribution >= 0.6 is 0 Å². The summed E-state index contributed by atoms with van der Waals surface area (Å²) in [6.07, 6.45) is 2.78. The maximum absolute atomic E-state index is 14.2. The molecule has 316 valence electrons. The van der Waals surface area contributed by atoms with Crippen LogP contribution in [0.1, 0.15) is 47.1 Å². The van der Waals surface area contributed by atoms with Gasteiger partial charge in [-0.15, -0.1) is 0 Å². The number of hydrogen-bond acceptors (Lipinski definition) is 12. The van der Waals surface area contributed by atoms with Crippen LogP contribution in [-0.4, -0.2) is 83.8 Å². The van der Waals surface area contributed by atoms with Crippen LogP contribution in [0.3, 0.4) is 0 Å². The number of amides is 2. The number of rotatable bonds is 13. The zero-order valence-electron chi connectivity index (χ0n) is 34.5. The molecule has 2 amide bonds. The van der Waals surface area contributed by atoms with Crippen LogP contribution in [0.4, 0.5) is 15.8 Å². The van der Waals surface area contributed by atoms with Crippen molar-refractivity contribution in [1.29, 1.82) is 0 Å². The number of aryl methyl sites for hydroxylation is 6. The second kappa shape index (κ2) is 18.8. The molecular formula is C44H51FN8O7. The average Bonchev–Trinajstić information content (AvgIpc) is 4.09. The van der Waals surface area contributed by atoms with Crippen molar-refractivity contribution in [3.05, 3.63) is 94.7 Å². The van der Waals surface area contributed by atoms with Gasteiger partial charge in [-0.25, -0.2) is 9.37 Å². The first kappa shape index (κ1) is 41.9. The first-order chi connectivity index (χ1) is 29.0. The second-order valence-corrected chi connectivity index (χ2v) is 15.1. The van der Waals surface area contributed by atoms with Gasteiger partial charge in [-0.1, -0.05) is 28.5 Å². The Morgan fingerprint density at radius 2 is 1.47 bits per heavy atom. The first-order valence-corrected chi connectivity index (χ1v) is 20.0. The van der Waals surface area contributed by atoms with Crippen molar-refractivity contribution in [3.8, 4) is 28.0 Å². The van der Waals surface area contributed by atoms with E-state index in [-0.39, 0.29) is 42.7 Å². The van der Waals surface area contributed by atoms with E-state index in [4.69, 9.17) is 34.0 Å². The molecule has 3 aromatic heterocycles. The Balaban J connectivity index is 0.000000197. The molecule has 0 aliphatic carbocycles. The number of ether oxygens (including phenoxy) is 3. The normalized spacial score (nSPS) is 16.1. The van der Waals surface area contributed by atoms with Gasteiger partial charge in [0.15, 0.2) is 11.6 Å². The van der Waals surface area contributed by atoms with E-state index in [1.165, 1.54) is 13.2 Å². The van der Waals surface area contributed by atoms with Gasteiger partial charge in [0.1, 0.15) is 23.9 Å². The number of nitrogens with two attached hydrogens (primary N) is 1. The maximum Gasteiger partial charge on any atom is 0.240 e. The third-order valence-corrected chi connectivity index (χ3v) is 10.7. The lowest BCUT2D eigenvalue weighted by Gasteiger charge is -2.13. The summed E-state index contributed by atoms with van der Waals surface area (Å²) >= 11 is 0. The highest BCUT2D eigenvalue weighted by molar-refractivity contribution is 5.86. The Labute approximate surface area is 347 Å². The summed E-state index contributed by atoms with van der Waals surface area (Å²) in [5, 5.41) is 17.1. The first-order valence-electron chi connectivity index (χ1n) is 20.0. The Kier molecular flexibility index (Phi) is 13.1. The smallest absolute Gasteiger partial charge is 0.240 e. The number of halogens is 1. The third-order valence-electron chi connectivity index (χ3n) is 10.7. The molecule has 2 unspecified atom stereocenters. The van der Waals surface area contributed by atoms with Crippen molar-refractivity contribution in [2.24, 2.45) is 0 Å². The Morgan fingerprint density at radius 3 is 2.03 bits per heavy atom. The highest BCUT2D eigenvalue weighted by Crippen LogP contribution is 2.32. The fourth-order valence-corrected chi connectivity index (χ4v) is 7.66. The standard InChI is InChI=1S/C27H29FN4O4.C17H22N4O3/c1-16-27(17(2)36-31-16)19-6-7-23-22(13-19)30-25(9-5-18-4-8-24(34-3)21(28)12-18)32(23)14-26(33)29-20-10-11-35-15-20;1-10-17(11(2)24-21-10)12-3-4-15(14(18)7-12)19-8-16(22)20-13-5-6-23-9-13/h4,6-8,12-13,20H,5,9-11,14-15H2,1-3H3,(H,29,33);3-4,7,13,19H,5-6,8-9,18H2,1-2H3,(H,20,22). The van der Waals surface area contributed by atoms with Crippen molar-refractivity contribution in [3.63, 3.8) is 0 Å². The zero-order chi connectivity index (χ0) is 42.3. The van der Waals surface area contributed by atoms with Crippen molar-refractivity contribution in [1.82, 2.24) is 30.5 Å². The number of nitrogen functional groups attached to an aromatic ring is 1. The van der Waals surface area contributed by atoms with Gasteiger partial charge in [0.25, 0.3) is 0 Å². The van der Waals surface area contributed by atoms with Crippen LogP contribution in [0.2, 0.25) is 0 Å². The number of hydrogen-bond donors (Lipinski definition) is 4. The van der Waals surface area contributed by atoms with Gasteiger partial charge in [-0.3, -0.25) is 9.59 Å². The van der Waals surface area contributed by atoms with E-state index in [2.05, 4.69) is 26.3 Å². The van der Waals surface area contributed by atoms with Gasteiger partial charge < -0.3 is 49.5 Å².